The predicted octanol–water partition coefficient (Wildman–Crippen LogP) is 4.59. The van der Waals surface area contributed by atoms with Crippen molar-refractivity contribution in [1.82, 2.24) is 34.7 Å². The van der Waals surface area contributed by atoms with Crippen molar-refractivity contribution in [2.75, 3.05) is 0 Å². The van der Waals surface area contributed by atoms with Crippen LogP contribution in [-0.2, 0) is 19.5 Å². The lowest BCUT2D eigenvalue weighted by molar-refractivity contribution is 0.662. The van der Waals surface area contributed by atoms with Crippen LogP contribution in [0, 0.1) is 0 Å². The Balaban J connectivity index is 1.45. The summed E-state index contributed by atoms with van der Waals surface area (Å²) in [6, 6.07) is 21.6. The van der Waals surface area contributed by atoms with E-state index in [9.17, 15) is 4.79 Å². The third-order valence-electron chi connectivity index (χ3n) is 5.90. The van der Waals surface area contributed by atoms with Crippen LogP contribution in [0.4, 0.5) is 0 Å². The van der Waals surface area contributed by atoms with Gasteiger partial charge in [0.25, 0.3) is 0 Å². The van der Waals surface area contributed by atoms with Crippen LogP contribution in [0.5, 0.6) is 0 Å². The molecule has 176 valence electrons. The smallest absolute Gasteiger partial charge is 0.290 e. The number of halogens is 1. The molecule has 0 radical (unpaired) electrons. The molecule has 0 spiro atoms. The van der Waals surface area contributed by atoms with E-state index in [0.717, 1.165) is 46.5 Å². The summed E-state index contributed by atoms with van der Waals surface area (Å²) in [7, 11) is 0. The SMILES string of the molecule is CCCc1c(Cl)n(Cc2ccccc2)c(=O)n1Cc1ccc(-c2ccccc2-c2nnn[nH]2)nc1. The minimum Gasteiger partial charge on any atom is -0.290 e. The summed E-state index contributed by atoms with van der Waals surface area (Å²) in [5.74, 6) is 0.580. The van der Waals surface area contributed by atoms with Crippen LogP contribution in [0.15, 0.2) is 77.7 Å². The molecule has 0 aliphatic rings. The zero-order valence-electron chi connectivity index (χ0n) is 19.2. The minimum atomic E-state index is -0.116. The van der Waals surface area contributed by atoms with E-state index in [1.807, 2.05) is 66.7 Å². The molecule has 0 aliphatic heterocycles. The number of aromatic amines is 1. The van der Waals surface area contributed by atoms with Crippen molar-refractivity contribution >= 4 is 11.6 Å². The molecule has 0 saturated carbocycles. The predicted molar refractivity (Wildman–Crippen MR) is 135 cm³/mol. The Morgan fingerprint density at radius 1 is 0.886 bits per heavy atom. The van der Waals surface area contributed by atoms with Crippen molar-refractivity contribution < 1.29 is 0 Å². The van der Waals surface area contributed by atoms with Crippen LogP contribution in [0.25, 0.3) is 22.6 Å². The minimum absolute atomic E-state index is 0.116. The van der Waals surface area contributed by atoms with E-state index < -0.39 is 0 Å². The summed E-state index contributed by atoms with van der Waals surface area (Å²) >= 11 is 6.71. The number of rotatable bonds is 8. The maximum atomic E-state index is 13.4. The number of hydrogen-bond donors (Lipinski definition) is 1. The highest BCUT2D eigenvalue weighted by atomic mass is 35.5. The summed E-state index contributed by atoms with van der Waals surface area (Å²) in [4.78, 5) is 18.0. The van der Waals surface area contributed by atoms with Crippen molar-refractivity contribution in [3.8, 4) is 22.6 Å². The Morgan fingerprint density at radius 2 is 1.63 bits per heavy atom. The Morgan fingerprint density at radius 3 is 2.31 bits per heavy atom. The molecule has 35 heavy (non-hydrogen) atoms. The molecule has 0 bridgehead atoms. The lowest BCUT2D eigenvalue weighted by Gasteiger charge is -2.09. The van der Waals surface area contributed by atoms with Gasteiger partial charge in [0.15, 0.2) is 5.82 Å². The summed E-state index contributed by atoms with van der Waals surface area (Å²) < 4.78 is 3.41. The monoisotopic (exact) mass is 485 g/mol. The van der Waals surface area contributed by atoms with Gasteiger partial charge in [0, 0.05) is 17.3 Å². The summed E-state index contributed by atoms with van der Waals surface area (Å²) in [5.41, 5.74) is 5.25. The molecule has 3 heterocycles. The van der Waals surface area contributed by atoms with Gasteiger partial charge >= 0.3 is 5.69 Å². The molecule has 9 heteroatoms. The highest BCUT2D eigenvalue weighted by Crippen LogP contribution is 2.28. The van der Waals surface area contributed by atoms with Gasteiger partial charge in [0.05, 0.1) is 24.5 Å². The fourth-order valence-electron chi connectivity index (χ4n) is 4.20. The van der Waals surface area contributed by atoms with Crippen molar-refractivity contribution in [2.24, 2.45) is 0 Å². The Hall–Kier alpha value is -4.04. The van der Waals surface area contributed by atoms with Gasteiger partial charge in [-0.3, -0.25) is 14.1 Å². The normalized spacial score (nSPS) is 11.1. The first-order valence-corrected chi connectivity index (χ1v) is 11.8. The van der Waals surface area contributed by atoms with Crippen molar-refractivity contribution in [3.63, 3.8) is 0 Å². The van der Waals surface area contributed by atoms with Crippen LogP contribution < -0.4 is 5.69 Å². The van der Waals surface area contributed by atoms with E-state index >= 15 is 0 Å². The standard InChI is InChI=1S/C26H24ClN7O/c1-2-8-23-24(27)34(16-18-9-4-3-5-10-18)26(35)33(23)17-19-13-14-22(28-15-19)20-11-6-7-12-21(20)25-29-31-32-30-25/h3-7,9-15H,2,8,16-17H2,1H3,(H,29,30,31,32). The van der Waals surface area contributed by atoms with E-state index in [-0.39, 0.29) is 5.69 Å². The molecular weight excluding hydrogens is 462 g/mol. The number of tetrazole rings is 1. The van der Waals surface area contributed by atoms with E-state index in [4.69, 9.17) is 11.6 Å². The van der Waals surface area contributed by atoms with E-state index in [1.165, 1.54) is 0 Å². The van der Waals surface area contributed by atoms with Gasteiger partial charge in [0.2, 0.25) is 0 Å². The number of hydrogen-bond acceptors (Lipinski definition) is 5. The number of aromatic nitrogens is 7. The van der Waals surface area contributed by atoms with Gasteiger partial charge in [-0.1, -0.05) is 85.6 Å². The second-order valence-corrected chi connectivity index (χ2v) is 8.63. The molecule has 5 rings (SSSR count). The lowest BCUT2D eigenvalue weighted by Crippen LogP contribution is -2.26. The largest absolute Gasteiger partial charge is 0.330 e. The van der Waals surface area contributed by atoms with Crippen LogP contribution in [0.3, 0.4) is 0 Å². The molecule has 0 unspecified atom stereocenters. The summed E-state index contributed by atoms with van der Waals surface area (Å²) in [6.07, 6.45) is 3.41. The Labute approximate surface area is 207 Å². The number of nitrogens with zero attached hydrogens (tertiary/aromatic N) is 6. The first kappa shape index (κ1) is 22.7. The topological polar surface area (TPSA) is 94.3 Å². The van der Waals surface area contributed by atoms with Gasteiger partial charge in [0.1, 0.15) is 5.15 Å². The molecule has 0 aliphatic carbocycles. The first-order valence-electron chi connectivity index (χ1n) is 11.5. The lowest BCUT2D eigenvalue weighted by atomic mass is 10.0. The second-order valence-electron chi connectivity index (χ2n) is 8.28. The maximum absolute atomic E-state index is 13.4. The number of H-pyrrole nitrogens is 1. The van der Waals surface area contributed by atoms with Gasteiger partial charge in [-0.15, -0.1) is 5.10 Å². The van der Waals surface area contributed by atoms with Gasteiger partial charge in [-0.25, -0.2) is 9.89 Å². The highest BCUT2D eigenvalue weighted by molar-refractivity contribution is 6.30. The molecule has 0 amide bonds. The highest BCUT2D eigenvalue weighted by Gasteiger charge is 2.19. The third-order valence-corrected chi connectivity index (χ3v) is 6.32. The third kappa shape index (κ3) is 4.65. The van der Waals surface area contributed by atoms with Gasteiger partial charge in [-0.2, -0.15) is 0 Å². The fourth-order valence-corrected chi connectivity index (χ4v) is 4.53. The number of pyridine rings is 1. The van der Waals surface area contributed by atoms with Crippen LogP contribution in [-0.4, -0.2) is 34.7 Å². The van der Waals surface area contributed by atoms with Gasteiger partial charge < -0.3 is 0 Å². The van der Waals surface area contributed by atoms with Crippen LogP contribution >= 0.6 is 11.6 Å². The van der Waals surface area contributed by atoms with Crippen LogP contribution in [0.1, 0.15) is 30.2 Å². The zero-order valence-corrected chi connectivity index (χ0v) is 20.0. The molecule has 3 aromatic heterocycles. The molecular formula is C26H24ClN7O. The number of imidazole rings is 1. The van der Waals surface area contributed by atoms with E-state index in [1.54, 1.807) is 15.3 Å². The molecule has 8 nitrogen and oxygen atoms in total. The van der Waals surface area contributed by atoms with Crippen molar-refractivity contribution in [1.29, 1.82) is 0 Å². The van der Waals surface area contributed by atoms with Crippen molar-refractivity contribution in [3.05, 3.63) is 105 Å². The number of nitrogens with one attached hydrogen (secondary N) is 1. The maximum Gasteiger partial charge on any atom is 0.330 e. The molecule has 0 saturated heterocycles. The summed E-state index contributed by atoms with van der Waals surface area (Å²) in [6.45, 7) is 2.92. The number of benzene rings is 2. The quantitative estimate of drug-likeness (QED) is 0.347. The average molecular weight is 486 g/mol. The first-order chi connectivity index (χ1) is 17.2. The van der Waals surface area contributed by atoms with Crippen LogP contribution in [0.2, 0.25) is 5.15 Å². The Kier molecular flexibility index (Phi) is 6.54. The molecule has 1 N–H and O–H groups in total. The molecule has 5 aromatic rings. The zero-order chi connectivity index (χ0) is 24.2. The van der Waals surface area contributed by atoms with Gasteiger partial charge in [-0.05, 0) is 34.0 Å². The average Bonchev–Trinajstić information content (AvgIpc) is 3.51. The second kappa shape index (κ2) is 10.1. The molecule has 0 fully saturated rings. The summed E-state index contributed by atoms with van der Waals surface area (Å²) in [5, 5.41) is 14.7. The molecule has 2 aromatic carbocycles. The van der Waals surface area contributed by atoms with Crippen molar-refractivity contribution in [2.45, 2.75) is 32.9 Å². The Bertz CT molecular complexity index is 1470. The van der Waals surface area contributed by atoms with E-state index in [2.05, 4.69) is 32.5 Å². The van der Waals surface area contributed by atoms with E-state index in [0.29, 0.717) is 24.1 Å². The molecule has 0 atom stereocenters. The fraction of sp³-hybridized carbons (Fsp3) is 0.192.